The van der Waals surface area contributed by atoms with Gasteiger partial charge in [-0.3, -0.25) is 4.84 Å². The van der Waals surface area contributed by atoms with Gasteiger partial charge in [0.05, 0.1) is 0 Å². The van der Waals surface area contributed by atoms with Crippen LogP contribution in [-0.4, -0.2) is 29.2 Å². The van der Waals surface area contributed by atoms with E-state index in [4.69, 9.17) is 15.5 Å². The molecule has 1 aromatic carbocycles. The zero-order valence-corrected chi connectivity index (χ0v) is 16.7. The molecule has 1 rings (SSSR count). The SMILES string of the molecule is CC(C)(C)OC(=O)N=[N+]=[N-].CC(C)(C)OC(=O)ON=C(C#N)c1ccccc1. The van der Waals surface area contributed by atoms with E-state index in [-0.39, 0.29) is 5.71 Å². The zero-order valence-electron chi connectivity index (χ0n) is 16.7. The number of benzene rings is 1. The summed E-state index contributed by atoms with van der Waals surface area (Å²) in [4.78, 5) is 28.5. The van der Waals surface area contributed by atoms with Crippen LogP contribution in [0.15, 0.2) is 40.6 Å². The van der Waals surface area contributed by atoms with Gasteiger partial charge in [-0.15, -0.1) is 0 Å². The van der Waals surface area contributed by atoms with Gasteiger partial charge in [-0.1, -0.05) is 35.5 Å². The van der Waals surface area contributed by atoms with Crippen molar-refractivity contribution >= 4 is 18.0 Å². The van der Waals surface area contributed by atoms with Gasteiger partial charge in [-0.2, -0.15) is 5.26 Å². The molecular formula is C18H23N5O5. The minimum atomic E-state index is -0.939. The lowest BCUT2D eigenvalue weighted by molar-refractivity contribution is -0.00611. The molecule has 0 saturated carbocycles. The second-order valence-corrected chi connectivity index (χ2v) is 7.14. The Morgan fingerprint density at radius 1 is 1.04 bits per heavy atom. The molecule has 0 aromatic heterocycles. The van der Waals surface area contributed by atoms with Crippen molar-refractivity contribution in [3.05, 3.63) is 46.3 Å². The smallest absolute Gasteiger partial charge is 0.455 e. The molecule has 0 atom stereocenters. The number of rotatable bonds is 2. The first-order valence-electron chi connectivity index (χ1n) is 8.09. The van der Waals surface area contributed by atoms with Gasteiger partial charge in [-0.25, -0.2) is 9.59 Å². The highest BCUT2D eigenvalue weighted by atomic mass is 16.8. The number of nitriles is 1. The third-order valence-electron chi connectivity index (χ3n) is 2.27. The van der Waals surface area contributed by atoms with Crippen molar-refractivity contribution in [3.63, 3.8) is 0 Å². The van der Waals surface area contributed by atoms with Crippen molar-refractivity contribution in [1.29, 1.82) is 5.26 Å². The molecule has 0 radical (unpaired) electrons. The molecule has 0 unspecified atom stereocenters. The molecule has 0 spiro atoms. The normalized spacial score (nSPS) is 11.0. The average Bonchev–Trinajstić information content (AvgIpc) is 2.54. The van der Waals surface area contributed by atoms with Gasteiger partial charge in [-0.05, 0) is 47.1 Å². The molecule has 150 valence electrons. The van der Waals surface area contributed by atoms with Crippen LogP contribution in [0.5, 0.6) is 0 Å². The quantitative estimate of drug-likeness (QED) is 0.131. The Labute approximate surface area is 163 Å². The van der Waals surface area contributed by atoms with Gasteiger partial charge in [0.25, 0.3) is 0 Å². The Hall–Kier alpha value is -3.57. The highest BCUT2D eigenvalue weighted by Crippen LogP contribution is 2.09. The first kappa shape index (κ1) is 24.4. The van der Waals surface area contributed by atoms with Gasteiger partial charge in [0.1, 0.15) is 17.3 Å². The number of oxime groups is 1. The van der Waals surface area contributed by atoms with Crippen LogP contribution >= 0.6 is 0 Å². The maximum Gasteiger partial charge on any atom is 0.535 e. The minimum Gasteiger partial charge on any atom is -0.455 e. The predicted molar refractivity (Wildman–Crippen MR) is 101 cm³/mol. The van der Waals surface area contributed by atoms with Crippen molar-refractivity contribution < 1.29 is 23.9 Å². The molecule has 10 heteroatoms. The maximum atomic E-state index is 11.2. The van der Waals surface area contributed by atoms with Gasteiger partial charge in [0.2, 0.25) is 0 Å². The summed E-state index contributed by atoms with van der Waals surface area (Å²) in [6.07, 6.45) is -1.83. The van der Waals surface area contributed by atoms with E-state index in [0.717, 1.165) is 0 Å². The number of nitrogens with zero attached hydrogens (tertiary/aromatic N) is 5. The summed E-state index contributed by atoms with van der Waals surface area (Å²) >= 11 is 0. The van der Waals surface area contributed by atoms with Gasteiger partial charge >= 0.3 is 12.2 Å². The first-order chi connectivity index (χ1) is 12.9. The average molecular weight is 389 g/mol. The molecule has 0 bridgehead atoms. The van der Waals surface area contributed by atoms with E-state index in [9.17, 15) is 9.59 Å². The zero-order chi connectivity index (χ0) is 21.8. The number of hydrogen-bond donors (Lipinski definition) is 0. The number of azide groups is 1. The Balaban J connectivity index is 0.000000621. The lowest BCUT2D eigenvalue weighted by Crippen LogP contribution is -2.23. The van der Waals surface area contributed by atoms with E-state index in [1.165, 1.54) is 0 Å². The third kappa shape index (κ3) is 12.7. The fourth-order valence-corrected chi connectivity index (χ4v) is 1.40. The van der Waals surface area contributed by atoms with Crippen LogP contribution in [0.25, 0.3) is 10.4 Å². The molecule has 1 aromatic rings. The molecule has 0 fully saturated rings. The van der Waals surface area contributed by atoms with Crippen LogP contribution in [0.1, 0.15) is 47.1 Å². The standard InChI is InChI=1S/C13H14N2O3.C5H9N3O2/c1-13(2,3)17-12(16)18-15-11(9-14)10-7-5-4-6-8-10;1-5(2,3)10-4(9)7-8-6/h4-8H,1-3H3;1-3H3. The van der Waals surface area contributed by atoms with Crippen LogP contribution in [0.4, 0.5) is 9.59 Å². The summed E-state index contributed by atoms with van der Waals surface area (Å²) in [7, 11) is 0. The molecule has 1 amide bonds. The van der Waals surface area contributed by atoms with Crippen molar-refractivity contribution in [1.82, 2.24) is 0 Å². The molecule has 0 aliphatic carbocycles. The number of hydrogen-bond acceptors (Lipinski definition) is 7. The van der Waals surface area contributed by atoms with Gasteiger partial charge < -0.3 is 9.47 Å². The topological polar surface area (TPSA) is 147 Å². The van der Waals surface area contributed by atoms with Gasteiger partial charge in [0, 0.05) is 15.6 Å². The van der Waals surface area contributed by atoms with E-state index in [1.807, 2.05) is 12.1 Å². The summed E-state index contributed by atoms with van der Waals surface area (Å²) in [5, 5.41) is 15.1. The monoisotopic (exact) mass is 389 g/mol. The lowest BCUT2D eigenvalue weighted by Gasteiger charge is -2.17. The Morgan fingerprint density at radius 2 is 1.57 bits per heavy atom. The molecule has 0 aliphatic heterocycles. The number of amides is 1. The molecule has 0 aliphatic rings. The molecule has 0 saturated heterocycles. The van der Waals surface area contributed by atoms with Crippen molar-refractivity contribution in [3.8, 4) is 6.07 Å². The van der Waals surface area contributed by atoms with Crippen molar-refractivity contribution in [2.75, 3.05) is 0 Å². The third-order valence-corrected chi connectivity index (χ3v) is 2.27. The van der Waals surface area contributed by atoms with E-state index in [2.05, 4.69) is 24.8 Å². The summed E-state index contributed by atoms with van der Waals surface area (Å²) in [5.74, 6) is 0. The van der Waals surface area contributed by atoms with E-state index in [1.54, 1.807) is 65.8 Å². The number of carbonyl (C=O) groups excluding carboxylic acids is 2. The predicted octanol–water partition coefficient (Wildman–Crippen LogP) is 5.10. The second-order valence-electron chi connectivity index (χ2n) is 7.14. The number of carbonyl (C=O) groups is 2. The number of ether oxygens (including phenoxy) is 2. The van der Waals surface area contributed by atoms with Crippen LogP contribution < -0.4 is 0 Å². The van der Waals surface area contributed by atoms with Crippen LogP contribution in [-0.2, 0) is 14.3 Å². The fraction of sp³-hybridized carbons (Fsp3) is 0.444. The van der Waals surface area contributed by atoms with Crippen LogP contribution in [0, 0.1) is 11.3 Å². The Morgan fingerprint density at radius 3 is 2.00 bits per heavy atom. The van der Waals surface area contributed by atoms with E-state index in [0.29, 0.717) is 5.56 Å². The molecular weight excluding hydrogens is 366 g/mol. The van der Waals surface area contributed by atoms with Crippen LogP contribution in [0.3, 0.4) is 0 Å². The van der Waals surface area contributed by atoms with Gasteiger partial charge in [0.15, 0.2) is 5.71 Å². The fourth-order valence-electron chi connectivity index (χ4n) is 1.40. The van der Waals surface area contributed by atoms with Crippen molar-refractivity contribution in [2.24, 2.45) is 10.3 Å². The second kappa shape index (κ2) is 11.2. The summed E-state index contributed by atoms with van der Waals surface area (Å²) < 4.78 is 9.51. The molecule has 0 N–H and O–H groups in total. The minimum absolute atomic E-state index is 0.0152. The van der Waals surface area contributed by atoms with Crippen molar-refractivity contribution in [2.45, 2.75) is 52.7 Å². The molecule has 10 nitrogen and oxygen atoms in total. The highest BCUT2D eigenvalue weighted by Gasteiger charge is 2.18. The Bertz CT molecular complexity index is 779. The largest absolute Gasteiger partial charge is 0.535 e. The summed E-state index contributed by atoms with van der Waals surface area (Å²) in [5.41, 5.74) is 7.13. The van der Waals surface area contributed by atoms with E-state index >= 15 is 0 Å². The Kier molecular flexibility index (Phi) is 9.78. The lowest BCUT2D eigenvalue weighted by atomic mass is 10.1. The highest BCUT2D eigenvalue weighted by molar-refractivity contribution is 6.11. The molecule has 0 heterocycles. The first-order valence-corrected chi connectivity index (χ1v) is 8.09. The molecule has 28 heavy (non-hydrogen) atoms. The van der Waals surface area contributed by atoms with E-state index < -0.39 is 23.5 Å². The summed E-state index contributed by atoms with van der Waals surface area (Å²) in [6.45, 7) is 10.2. The maximum absolute atomic E-state index is 11.2. The summed E-state index contributed by atoms with van der Waals surface area (Å²) in [6, 6.07) is 10.6. The van der Waals surface area contributed by atoms with Crippen LogP contribution in [0.2, 0.25) is 0 Å².